The van der Waals surface area contributed by atoms with Gasteiger partial charge in [0.15, 0.2) is 46.5 Å². The number of nitrogens with one attached hydrogen (secondary N) is 2. The molecule has 3 unspecified atom stereocenters. The van der Waals surface area contributed by atoms with Crippen LogP contribution in [0.2, 0.25) is 0 Å². The van der Waals surface area contributed by atoms with Crippen molar-refractivity contribution in [2.24, 2.45) is 5.73 Å². The second-order valence-corrected chi connectivity index (χ2v) is 26.2. The SMILES string of the molecule is Fc1c(F)c(F)c(F)c(F)c1F.NC(C(=O)[O-])N1CCN(CC(=O)[O-])CCN(CC(=O)[O-])CCN(CC(=O)[O-])CC1.O=C([O-])CN1CCN(CC(=O)[O-])CCN(C(Nc2c(F)c(F)c(F)c(F)c2F)C(=O)[O-])CCN(CC(=O)[O-])CC1.O=C([O-])CN1CCN(CC(=O)[O-])CCN(C(Nc2c(F)c(F)c(F)c(F)c2F)C(=O)[O-])CCN(CC(=O)[O-])CC1.[18FH].[Gd].[Gd].[Gd]. The molecule has 39 nitrogen and oxygen atoms in total. The standard InChI is InChI=1S/2C22H28F5N5O8.C16H29N5O8.C6F6.FH.3Gd/c2*23-15-16(24)18(26)20(19(27)17(15)25)28-21(22(39)40)32-7-5-30(10-13(35)36)3-1-29(9-12(33)34)2-4-31(6-8-32)11-14(37)38;17-15(16(28)29)21-7-5-19(10-13(24)25)3-1-18(9-12(22)23)2-4-20(6-8-21)11-14(26)27;7-1-2(8)4(10)6(12)5(11)3(1)9;;;;/h2*21,28H,1-11H2,(H,33,34)(H,35,36)(H,37,38)(H,39,40);15H,1-11,17H2,(H,22,23)(H,24,25)(H,26,27)(H,28,29);;1H;;;/p-12/i;;;;1-1;;;. The molecule has 3 saturated heterocycles. The largest absolute Gasteiger partial charge is 0.549 e. The molecule has 3 aliphatic heterocycles. The van der Waals surface area contributed by atoms with Crippen molar-refractivity contribution in [2.45, 2.75) is 18.5 Å². The average molecular weight is 2260 g/mol. The van der Waals surface area contributed by atoms with Gasteiger partial charge in [0, 0.05) is 336 Å². The van der Waals surface area contributed by atoms with Crippen molar-refractivity contribution in [1.82, 2.24) is 58.8 Å². The molecule has 0 amide bonds. The third-order valence-electron chi connectivity index (χ3n) is 17.7. The van der Waals surface area contributed by atoms with Gasteiger partial charge in [0.25, 0.3) is 0 Å². The van der Waals surface area contributed by atoms with Crippen molar-refractivity contribution in [3.8, 4) is 0 Å². The Labute approximate surface area is 792 Å². The molecule has 0 saturated carbocycles. The summed E-state index contributed by atoms with van der Waals surface area (Å²) in [6.07, 6.45) is -5.93. The molecule has 0 aromatic heterocycles. The van der Waals surface area contributed by atoms with Gasteiger partial charge in [0.1, 0.15) is 23.7 Å². The Bertz CT molecular complexity index is 3730. The van der Waals surface area contributed by atoms with E-state index in [1.54, 1.807) is 10.6 Å². The molecule has 3 fully saturated rings. The molecular formula is C66H74F17Gd3N15O24-12. The van der Waals surface area contributed by atoms with E-state index in [9.17, 15) is 189 Å². The fraction of sp³-hybridized carbons (Fsp3) is 0.545. The van der Waals surface area contributed by atoms with E-state index in [0.29, 0.717) is 0 Å². The summed E-state index contributed by atoms with van der Waals surface area (Å²) >= 11 is 0. The van der Waals surface area contributed by atoms with Crippen molar-refractivity contribution in [3.63, 3.8) is 0 Å². The Morgan fingerprint density at radius 2 is 0.344 bits per heavy atom. The van der Waals surface area contributed by atoms with Crippen LogP contribution < -0.4 is 77.6 Å². The number of hydrogen-bond donors (Lipinski definition) is 3. The second kappa shape index (κ2) is 59.4. The summed E-state index contributed by atoms with van der Waals surface area (Å²) in [5, 5.41) is 139. The molecule has 3 aliphatic rings. The molecule has 0 radical (unpaired) electrons. The number of carboxylic acids is 12. The van der Waals surface area contributed by atoms with E-state index in [4.69, 9.17) is 5.73 Å². The topological polar surface area (TPSA) is 571 Å². The zero-order valence-electron chi connectivity index (χ0n) is 64.3. The van der Waals surface area contributed by atoms with Crippen molar-refractivity contribution in [1.29, 1.82) is 0 Å². The predicted octanol–water partition coefficient (Wildman–Crippen LogP) is -17.2. The quantitative estimate of drug-likeness (QED) is 0.0345. The molecule has 0 bridgehead atoms. The van der Waals surface area contributed by atoms with Crippen LogP contribution in [0.25, 0.3) is 0 Å². The summed E-state index contributed by atoms with van der Waals surface area (Å²) in [7, 11) is 0. The van der Waals surface area contributed by atoms with Crippen molar-refractivity contribution >= 4 is 83.0 Å². The Morgan fingerprint density at radius 1 is 0.224 bits per heavy atom. The van der Waals surface area contributed by atoms with E-state index in [2.05, 4.69) is 0 Å². The molecule has 3 atom stereocenters. The van der Waals surface area contributed by atoms with Crippen LogP contribution in [0.5, 0.6) is 0 Å². The van der Waals surface area contributed by atoms with E-state index in [0.717, 1.165) is 9.80 Å². The van der Waals surface area contributed by atoms with Crippen LogP contribution in [-0.2, 0) is 57.5 Å². The minimum Gasteiger partial charge on any atom is -0.549 e. The molecule has 3 aromatic rings. The molecule has 125 heavy (non-hydrogen) atoms. The summed E-state index contributed by atoms with van der Waals surface area (Å²) in [6, 6.07) is 0. The first-order valence-electron chi connectivity index (χ1n) is 35.1. The Kier molecular flexibility index (Phi) is 57.1. The zero-order valence-corrected chi connectivity index (χ0v) is 71.1. The molecule has 3 heterocycles. The molecule has 4 N–H and O–H groups in total. The minimum absolute atomic E-state index is 0. The molecule has 3 aromatic carbocycles. The van der Waals surface area contributed by atoms with Crippen LogP contribution >= 0.6 is 0 Å². The number of rotatable bonds is 28. The van der Waals surface area contributed by atoms with Crippen molar-refractivity contribution < 1.29 is 314 Å². The first-order valence-corrected chi connectivity index (χ1v) is 35.1. The molecule has 6 rings (SSSR count). The summed E-state index contributed by atoms with van der Waals surface area (Å²) in [5.74, 6) is -56.6. The monoisotopic (exact) mass is 2260 g/mol. The summed E-state index contributed by atoms with van der Waals surface area (Å²) < 4.78 is 211. The van der Waals surface area contributed by atoms with Gasteiger partial charge in [-0.15, -0.1) is 0 Å². The maximum absolute atomic E-state index is 14.3. The normalized spacial score (nSPS) is 17.2. The first-order chi connectivity index (χ1) is 56.5. The average Bonchev–Trinajstić information content (AvgIpc) is 0.808. The van der Waals surface area contributed by atoms with Crippen LogP contribution in [0.1, 0.15) is 0 Å². The van der Waals surface area contributed by atoms with Crippen molar-refractivity contribution in [3.05, 3.63) is 93.1 Å². The van der Waals surface area contributed by atoms with E-state index in [1.807, 2.05) is 0 Å². The third kappa shape index (κ3) is 41.6. The minimum atomic E-state index is -2.47. The summed E-state index contributed by atoms with van der Waals surface area (Å²) in [6.45, 7) is -7.39. The maximum atomic E-state index is 14.3. The van der Waals surface area contributed by atoms with E-state index < -0.39 is 280 Å². The predicted molar refractivity (Wildman–Crippen MR) is 347 cm³/mol. The van der Waals surface area contributed by atoms with Gasteiger partial charge in [-0.1, -0.05) is 0 Å². The van der Waals surface area contributed by atoms with Gasteiger partial charge in [-0.25, -0.2) is 70.2 Å². The number of hydrogen-bond acceptors (Lipinski definition) is 39. The first kappa shape index (κ1) is 120. The Hall–Kier alpha value is -6.84. The van der Waals surface area contributed by atoms with Gasteiger partial charge in [-0.05, 0) is 0 Å². The van der Waals surface area contributed by atoms with Gasteiger partial charge in [0.2, 0.25) is 46.5 Å². The van der Waals surface area contributed by atoms with E-state index >= 15 is 0 Å². The van der Waals surface area contributed by atoms with Gasteiger partial charge >= 0.3 is 0 Å². The van der Waals surface area contributed by atoms with Gasteiger partial charge in [0.05, 0.1) is 77.8 Å². The summed E-state index contributed by atoms with van der Waals surface area (Å²) in [4.78, 5) is 150. The molecule has 59 heteroatoms. The Balaban J connectivity index is 0. The molecule has 0 spiro atoms. The molecular weight excluding hydrogens is 2180 g/mol. The number of nitrogens with two attached hydrogens (primary N) is 1. The fourth-order valence-corrected chi connectivity index (χ4v) is 11.6. The number of benzene rings is 3. The third-order valence-corrected chi connectivity index (χ3v) is 17.7. The zero-order chi connectivity index (χ0) is 91.7. The van der Waals surface area contributed by atoms with Crippen LogP contribution in [0, 0.1) is 213 Å². The number of nitrogens with zero attached hydrogens (tertiary/aromatic N) is 12. The number of carbonyl (C=O) groups is 12. The van der Waals surface area contributed by atoms with E-state index in [1.165, 1.54) is 49.0 Å². The second-order valence-electron chi connectivity index (χ2n) is 26.2. The van der Waals surface area contributed by atoms with Gasteiger partial charge < -0.3 is 135 Å². The van der Waals surface area contributed by atoms with Crippen LogP contribution in [0.15, 0.2) is 0 Å². The van der Waals surface area contributed by atoms with Crippen LogP contribution in [-0.4, -0.2) is 365 Å². The number of halogens is 17. The number of carboxylic acid groups (broad SMARTS) is 12. The van der Waals surface area contributed by atoms with Gasteiger partial charge in [-0.3, -0.25) is 63.5 Å². The van der Waals surface area contributed by atoms with E-state index in [-0.39, 0.29) is 255 Å². The Morgan fingerprint density at radius 3 is 0.464 bits per heavy atom. The maximum Gasteiger partial charge on any atom is 0.200 e. The fourth-order valence-electron chi connectivity index (χ4n) is 11.6. The van der Waals surface area contributed by atoms with Crippen LogP contribution in [0.4, 0.5) is 86.3 Å². The number of carbonyl (C=O) groups excluding carboxylic acids is 12. The molecule has 0 aliphatic carbocycles. The number of anilines is 2. The van der Waals surface area contributed by atoms with Gasteiger partial charge in [-0.2, -0.15) is 0 Å². The molecule has 712 valence electrons. The number of aliphatic carboxylic acids is 12. The summed E-state index contributed by atoms with van der Waals surface area (Å²) in [5.41, 5.74) is 2.31. The van der Waals surface area contributed by atoms with Crippen molar-refractivity contribution in [2.75, 3.05) is 227 Å². The smallest absolute Gasteiger partial charge is 0.200 e. The van der Waals surface area contributed by atoms with Crippen LogP contribution in [0.3, 0.4) is 0 Å².